The van der Waals surface area contributed by atoms with Gasteiger partial charge in [0.1, 0.15) is 5.69 Å². The number of carbonyl (C=O) groups is 1. The molecule has 0 bridgehead atoms. The predicted molar refractivity (Wildman–Crippen MR) is 72.5 cm³/mol. The molecule has 0 amide bonds. The highest BCUT2D eigenvalue weighted by Crippen LogP contribution is 2.23. The van der Waals surface area contributed by atoms with Crippen molar-refractivity contribution < 1.29 is 14.4 Å². The van der Waals surface area contributed by atoms with Gasteiger partial charge in [-0.25, -0.2) is 9.78 Å². The summed E-state index contributed by atoms with van der Waals surface area (Å²) in [5.74, 6) is -0.211. The molecule has 2 aromatic heterocycles. The van der Waals surface area contributed by atoms with Crippen molar-refractivity contribution in [3.8, 4) is 23.0 Å². The highest BCUT2D eigenvalue weighted by Gasteiger charge is 2.13. The third-order valence-corrected chi connectivity index (χ3v) is 3.43. The second-order valence-electron chi connectivity index (χ2n) is 4.06. The van der Waals surface area contributed by atoms with Crippen LogP contribution in [0.3, 0.4) is 0 Å². The van der Waals surface area contributed by atoms with Crippen LogP contribution in [0, 0.1) is 6.92 Å². The molecule has 3 aromatic rings. The molecule has 0 aliphatic carbocycles. The van der Waals surface area contributed by atoms with Crippen LogP contribution in [0.15, 0.2) is 34.2 Å². The van der Waals surface area contributed by atoms with Crippen LogP contribution in [0.1, 0.15) is 15.4 Å². The number of rotatable bonds is 3. The molecule has 0 aliphatic rings. The molecule has 6 nitrogen and oxygen atoms in total. The van der Waals surface area contributed by atoms with E-state index >= 15 is 0 Å². The number of aromatic carboxylic acids is 1. The van der Waals surface area contributed by atoms with Crippen molar-refractivity contribution in [1.82, 2.24) is 15.1 Å². The predicted octanol–water partition coefficient (Wildman–Crippen LogP) is 2.87. The van der Waals surface area contributed by atoms with Crippen molar-refractivity contribution in [2.45, 2.75) is 6.92 Å². The van der Waals surface area contributed by atoms with Gasteiger partial charge in [0, 0.05) is 10.9 Å². The lowest BCUT2D eigenvalue weighted by Gasteiger charge is -1.95. The van der Waals surface area contributed by atoms with Gasteiger partial charge in [0.15, 0.2) is 0 Å². The number of aromatic nitrogens is 3. The van der Waals surface area contributed by atoms with Gasteiger partial charge in [0.05, 0.1) is 10.6 Å². The minimum Gasteiger partial charge on any atom is -0.478 e. The van der Waals surface area contributed by atoms with E-state index in [2.05, 4.69) is 15.1 Å². The summed E-state index contributed by atoms with van der Waals surface area (Å²) < 4.78 is 5.16. The second-order valence-corrected chi connectivity index (χ2v) is 5.12. The molecule has 0 saturated heterocycles. The Bertz CT molecular complexity index is 761. The van der Waals surface area contributed by atoms with E-state index in [1.165, 1.54) is 23.5 Å². The average Bonchev–Trinajstić information content (AvgIpc) is 3.07. The Morgan fingerprint density at radius 2 is 2.00 bits per heavy atom. The summed E-state index contributed by atoms with van der Waals surface area (Å²) in [4.78, 5) is 19.3. The van der Waals surface area contributed by atoms with Gasteiger partial charge in [-0.2, -0.15) is 4.98 Å². The van der Waals surface area contributed by atoms with Crippen molar-refractivity contribution in [1.29, 1.82) is 0 Å². The molecular weight excluding hydrogens is 278 g/mol. The van der Waals surface area contributed by atoms with Gasteiger partial charge in [-0.05, 0) is 19.1 Å². The Labute approximate surface area is 117 Å². The number of hydrogen-bond donors (Lipinski definition) is 1. The van der Waals surface area contributed by atoms with Gasteiger partial charge in [0.2, 0.25) is 5.82 Å². The smallest absolute Gasteiger partial charge is 0.335 e. The topological polar surface area (TPSA) is 89.1 Å². The van der Waals surface area contributed by atoms with E-state index in [0.717, 1.165) is 5.01 Å². The van der Waals surface area contributed by atoms with Crippen LogP contribution in [0.2, 0.25) is 0 Å². The summed E-state index contributed by atoms with van der Waals surface area (Å²) in [6.45, 7) is 1.90. The third kappa shape index (κ3) is 2.30. The highest BCUT2D eigenvalue weighted by atomic mass is 32.1. The molecule has 0 spiro atoms. The van der Waals surface area contributed by atoms with Crippen LogP contribution < -0.4 is 0 Å². The number of nitrogens with zero attached hydrogens (tertiary/aromatic N) is 3. The molecule has 0 atom stereocenters. The number of hydrogen-bond acceptors (Lipinski definition) is 6. The van der Waals surface area contributed by atoms with Crippen molar-refractivity contribution >= 4 is 17.3 Å². The van der Waals surface area contributed by atoms with Crippen molar-refractivity contribution in [3.63, 3.8) is 0 Å². The molecular formula is C13H9N3O3S. The van der Waals surface area contributed by atoms with Crippen LogP contribution in [-0.4, -0.2) is 26.2 Å². The number of carboxylic acids is 1. The van der Waals surface area contributed by atoms with Crippen molar-refractivity contribution in [2.24, 2.45) is 0 Å². The number of benzene rings is 1. The molecule has 0 radical (unpaired) electrons. The van der Waals surface area contributed by atoms with Crippen LogP contribution >= 0.6 is 11.3 Å². The molecule has 0 aliphatic heterocycles. The zero-order valence-corrected chi connectivity index (χ0v) is 11.2. The summed E-state index contributed by atoms with van der Waals surface area (Å²) in [7, 11) is 0. The monoisotopic (exact) mass is 287 g/mol. The Kier molecular flexibility index (Phi) is 3.03. The van der Waals surface area contributed by atoms with Gasteiger partial charge in [-0.3, -0.25) is 0 Å². The number of carboxylic acid groups (broad SMARTS) is 1. The fourth-order valence-electron chi connectivity index (χ4n) is 1.67. The molecule has 3 rings (SSSR count). The van der Waals surface area contributed by atoms with Gasteiger partial charge in [0.25, 0.3) is 5.89 Å². The minimum absolute atomic E-state index is 0.215. The van der Waals surface area contributed by atoms with Crippen molar-refractivity contribution in [2.75, 3.05) is 0 Å². The Morgan fingerprint density at radius 3 is 2.60 bits per heavy atom. The molecule has 7 heteroatoms. The lowest BCUT2D eigenvalue weighted by atomic mass is 10.1. The zero-order valence-electron chi connectivity index (χ0n) is 10.4. The Balaban J connectivity index is 1.91. The maximum Gasteiger partial charge on any atom is 0.335 e. The lowest BCUT2D eigenvalue weighted by molar-refractivity contribution is 0.0697. The highest BCUT2D eigenvalue weighted by molar-refractivity contribution is 7.09. The Hall–Kier alpha value is -2.54. The van der Waals surface area contributed by atoms with Gasteiger partial charge < -0.3 is 9.63 Å². The first-order chi connectivity index (χ1) is 9.63. The standard InChI is InChI=1S/C13H9N3O3S/c1-7-14-10(6-20-7)12-15-11(16-19-12)8-2-4-9(5-3-8)13(17)18/h2-6H,1H3,(H,17,18). The fourth-order valence-corrected chi connectivity index (χ4v) is 2.26. The SMILES string of the molecule is Cc1nc(-c2nc(-c3ccc(C(=O)O)cc3)no2)cs1. The summed E-state index contributed by atoms with van der Waals surface area (Å²) >= 11 is 1.51. The quantitative estimate of drug-likeness (QED) is 0.796. The van der Waals surface area contributed by atoms with Crippen LogP contribution in [0.25, 0.3) is 23.0 Å². The first kappa shape index (κ1) is 12.5. The molecule has 20 heavy (non-hydrogen) atoms. The summed E-state index contributed by atoms with van der Waals surface area (Å²) in [5, 5.41) is 15.5. The fraction of sp³-hybridized carbons (Fsp3) is 0.0769. The first-order valence-corrected chi connectivity index (χ1v) is 6.61. The largest absolute Gasteiger partial charge is 0.478 e. The van der Waals surface area contributed by atoms with E-state index < -0.39 is 5.97 Å². The lowest BCUT2D eigenvalue weighted by Crippen LogP contribution is -1.95. The average molecular weight is 287 g/mol. The summed E-state index contributed by atoms with van der Waals surface area (Å²) in [6.07, 6.45) is 0. The molecule has 0 unspecified atom stereocenters. The zero-order chi connectivity index (χ0) is 14.1. The molecule has 0 saturated carbocycles. The maximum atomic E-state index is 10.8. The number of thiazole rings is 1. The molecule has 0 fully saturated rings. The van der Waals surface area contributed by atoms with E-state index in [4.69, 9.17) is 9.63 Å². The van der Waals surface area contributed by atoms with Gasteiger partial charge >= 0.3 is 5.97 Å². The van der Waals surface area contributed by atoms with E-state index in [0.29, 0.717) is 23.0 Å². The Morgan fingerprint density at radius 1 is 1.25 bits per heavy atom. The third-order valence-electron chi connectivity index (χ3n) is 2.65. The van der Waals surface area contributed by atoms with Gasteiger partial charge in [-0.15, -0.1) is 11.3 Å². The van der Waals surface area contributed by atoms with E-state index in [1.807, 2.05) is 12.3 Å². The minimum atomic E-state index is -0.969. The molecule has 2 heterocycles. The van der Waals surface area contributed by atoms with Gasteiger partial charge in [-0.1, -0.05) is 17.3 Å². The van der Waals surface area contributed by atoms with E-state index in [-0.39, 0.29) is 5.56 Å². The van der Waals surface area contributed by atoms with Crippen LogP contribution in [-0.2, 0) is 0 Å². The summed E-state index contributed by atoms with van der Waals surface area (Å²) in [6, 6.07) is 6.29. The summed E-state index contributed by atoms with van der Waals surface area (Å²) in [5.41, 5.74) is 1.55. The molecule has 1 aromatic carbocycles. The normalized spacial score (nSPS) is 10.7. The number of aryl methyl sites for hydroxylation is 1. The maximum absolute atomic E-state index is 10.8. The van der Waals surface area contributed by atoms with Crippen LogP contribution in [0.4, 0.5) is 0 Å². The van der Waals surface area contributed by atoms with Crippen molar-refractivity contribution in [3.05, 3.63) is 40.2 Å². The van der Waals surface area contributed by atoms with E-state index in [9.17, 15) is 4.79 Å². The van der Waals surface area contributed by atoms with Crippen LogP contribution in [0.5, 0.6) is 0 Å². The molecule has 1 N–H and O–H groups in total. The first-order valence-electron chi connectivity index (χ1n) is 5.73. The molecule has 100 valence electrons. The second kappa shape index (κ2) is 4.86. The van der Waals surface area contributed by atoms with E-state index in [1.54, 1.807) is 12.1 Å².